The molecule has 0 fully saturated rings. The van der Waals surface area contributed by atoms with Crippen LogP contribution in [0.5, 0.6) is 0 Å². The molecule has 0 saturated heterocycles. The topological polar surface area (TPSA) is 29.3 Å². The molecule has 2 nitrogen and oxygen atoms in total. The maximum atomic E-state index is 13.5. The van der Waals surface area contributed by atoms with E-state index in [0.717, 1.165) is 18.2 Å². The monoisotopic (exact) mass is 266 g/mol. The molecule has 5 heteroatoms. The Morgan fingerprint density at radius 2 is 1.63 bits per heavy atom. The first-order valence-electron chi connectivity index (χ1n) is 5.67. The summed E-state index contributed by atoms with van der Waals surface area (Å²) in [7, 11) is 1.63. The van der Waals surface area contributed by atoms with E-state index >= 15 is 0 Å². The van der Waals surface area contributed by atoms with Gasteiger partial charge in [-0.2, -0.15) is 0 Å². The molecule has 0 aliphatic rings. The van der Waals surface area contributed by atoms with Gasteiger partial charge in [0.2, 0.25) is 0 Å². The predicted octanol–water partition coefficient (Wildman–Crippen LogP) is 3.32. The molecule has 19 heavy (non-hydrogen) atoms. The zero-order valence-electron chi connectivity index (χ0n) is 10.3. The number of nitrogen functional groups attached to an aromatic ring is 1. The lowest BCUT2D eigenvalue weighted by molar-refractivity contribution is 0.583. The Morgan fingerprint density at radius 1 is 1.00 bits per heavy atom. The molecule has 0 saturated carbocycles. The van der Waals surface area contributed by atoms with Crippen molar-refractivity contribution in [1.29, 1.82) is 0 Å². The molecule has 0 aromatic heterocycles. The van der Waals surface area contributed by atoms with Crippen LogP contribution in [0.3, 0.4) is 0 Å². The van der Waals surface area contributed by atoms with Gasteiger partial charge in [0, 0.05) is 19.2 Å². The van der Waals surface area contributed by atoms with Gasteiger partial charge in [-0.1, -0.05) is 0 Å². The van der Waals surface area contributed by atoms with Gasteiger partial charge in [0.15, 0.2) is 0 Å². The second-order valence-corrected chi connectivity index (χ2v) is 4.29. The molecule has 0 spiro atoms. The molecule has 2 aromatic rings. The first-order chi connectivity index (χ1) is 8.97. The Balaban J connectivity index is 2.27. The smallest absolute Gasteiger partial charge is 0.128 e. The molecule has 100 valence electrons. The summed E-state index contributed by atoms with van der Waals surface area (Å²) in [4.78, 5) is 1.57. The third-order valence-corrected chi connectivity index (χ3v) is 2.82. The number of benzene rings is 2. The molecule has 0 aliphatic heterocycles. The lowest BCUT2D eigenvalue weighted by Gasteiger charge is -2.21. The second kappa shape index (κ2) is 5.22. The molecular weight excluding hydrogens is 253 g/mol. The van der Waals surface area contributed by atoms with E-state index in [1.165, 1.54) is 18.2 Å². The van der Waals surface area contributed by atoms with Crippen LogP contribution in [-0.4, -0.2) is 7.05 Å². The largest absolute Gasteiger partial charge is 0.397 e. The van der Waals surface area contributed by atoms with Crippen LogP contribution in [0, 0.1) is 17.5 Å². The molecule has 0 amide bonds. The minimum atomic E-state index is -0.517. The number of rotatable bonds is 3. The highest BCUT2D eigenvalue weighted by Gasteiger charge is 2.11. The van der Waals surface area contributed by atoms with Gasteiger partial charge in [-0.25, -0.2) is 13.2 Å². The van der Waals surface area contributed by atoms with Crippen LogP contribution < -0.4 is 10.6 Å². The maximum absolute atomic E-state index is 13.5. The second-order valence-electron chi connectivity index (χ2n) is 4.29. The summed E-state index contributed by atoms with van der Waals surface area (Å²) in [5.41, 5.74) is 6.73. The summed E-state index contributed by atoms with van der Waals surface area (Å²) < 4.78 is 39.8. The molecule has 0 radical (unpaired) electrons. The van der Waals surface area contributed by atoms with E-state index in [2.05, 4.69) is 0 Å². The fourth-order valence-electron chi connectivity index (χ4n) is 1.85. The van der Waals surface area contributed by atoms with E-state index < -0.39 is 17.5 Å². The highest BCUT2D eigenvalue weighted by Crippen LogP contribution is 2.25. The van der Waals surface area contributed by atoms with Gasteiger partial charge in [0.25, 0.3) is 0 Å². The van der Waals surface area contributed by atoms with E-state index in [4.69, 9.17) is 5.73 Å². The molecule has 2 N–H and O–H groups in total. The first kappa shape index (κ1) is 13.3. The molecule has 0 atom stereocenters. The highest BCUT2D eigenvalue weighted by molar-refractivity contribution is 5.67. The zero-order valence-corrected chi connectivity index (χ0v) is 10.3. The van der Waals surface area contributed by atoms with Crippen molar-refractivity contribution in [2.24, 2.45) is 0 Å². The Kier molecular flexibility index (Phi) is 3.64. The Hall–Kier alpha value is -2.17. The number of anilines is 2. The van der Waals surface area contributed by atoms with Crippen molar-refractivity contribution in [2.75, 3.05) is 17.7 Å². The summed E-state index contributed by atoms with van der Waals surface area (Å²) in [6.45, 7) is 0.0945. The van der Waals surface area contributed by atoms with Crippen molar-refractivity contribution < 1.29 is 13.2 Å². The van der Waals surface area contributed by atoms with Crippen LogP contribution in [0.15, 0.2) is 36.4 Å². The average Bonchev–Trinajstić information content (AvgIpc) is 2.36. The number of nitrogens with two attached hydrogens (primary N) is 1. The minimum Gasteiger partial charge on any atom is -0.397 e. The molecule has 2 aromatic carbocycles. The number of hydrogen-bond donors (Lipinski definition) is 1. The molecule has 0 unspecified atom stereocenters. The van der Waals surface area contributed by atoms with E-state index in [1.54, 1.807) is 11.9 Å². The number of nitrogens with zero attached hydrogens (tertiary/aromatic N) is 1. The Morgan fingerprint density at radius 3 is 2.37 bits per heavy atom. The predicted molar refractivity (Wildman–Crippen MR) is 69.3 cm³/mol. The summed E-state index contributed by atoms with van der Waals surface area (Å²) in [5.74, 6) is -1.46. The van der Waals surface area contributed by atoms with Crippen LogP contribution in [0.25, 0.3) is 0 Å². The first-order valence-corrected chi connectivity index (χ1v) is 5.67. The van der Waals surface area contributed by atoms with E-state index in [9.17, 15) is 13.2 Å². The number of halogens is 3. The maximum Gasteiger partial charge on any atom is 0.128 e. The van der Waals surface area contributed by atoms with E-state index in [-0.39, 0.29) is 12.1 Å². The quantitative estimate of drug-likeness (QED) is 0.863. The van der Waals surface area contributed by atoms with Crippen LogP contribution in [-0.2, 0) is 6.54 Å². The third-order valence-electron chi connectivity index (χ3n) is 2.82. The van der Waals surface area contributed by atoms with Crippen molar-refractivity contribution in [3.63, 3.8) is 0 Å². The lowest BCUT2D eigenvalue weighted by atomic mass is 10.1. The Bertz CT molecular complexity index is 599. The third kappa shape index (κ3) is 2.99. The summed E-state index contributed by atoms with van der Waals surface area (Å²) in [5, 5.41) is 0. The van der Waals surface area contributed by atoms with Crippen molar-refractivity contribution in [2.45, 2.75) is 6.54 Å². The van der Waals surface area contributed by atoms with Gasteiger partial charge in [0.1, 0.15) is 17.5 Å². The molecule has 0 heterocycles. The van der Waals surface area contributed by atoms with Gasteiger partial charge < -0.3 is 10.6 Å². The zero-order chi connectivity index (χ0) is 14.0. The van der Waals surface area contributed by atoms with Crippen LogP contribution in [0.2, 0.25) is 0 Å². The van der Waals surface area contributed by atoms with Gasteiger partial charge in [0.05, 0.1) is 11.4 Å². The van der Waals surface area contributed by atoms with Crippen LogP contribution in [0.1, 0.15) is 5.56 Å². The standard InChI is InChI=1S/C14H13F3N2/c1-19(14-7-11(16)3-5-13(14)18)8-9-6-10(15)2-4-12(9)17/h2-7H,8,18H2,1H3. The normalized spacial score (nSPS) is 10.5. The molecule has 0 aliphatic carbocycles. The minimum absolute atomic E-state index is 0.0945. The van der Waals surface area contributed by atoms with Gasteiger partial charge in [-0.05, 0) is 36.4 Å². The van der Waals surface area contributed by atoms with Crippen molar-refractivity contribution in [3.8, 4) is 0 Å². The fraction of sp³-hybridized carbons (Fsp3) is 0.143. The van der Waals surface area contributed by atoms with Crippen molar-refractivity contribution in [1.82, 2.24) is 0 Å². The van der Waals surface area contributed by atoms with E-state index in [1.807, 2.05) is 0 Å². The van der Waals surface area contributed by atoms with Gasteiger partial charge in [-0.15, -0.1) is 0 Å². The van der Waals surface area contributed by atoms with Crippen molar-refractivity contribution in [3.05, 3.63) is 59.4 Å². The molecular formula is C14H13F3N2. The summed E-state index contributed by atoms with van der Waals surface area (Å²) in [6.07, 6.45) is 0. The molecule has 0 bridgehead atoms. The van der Waals surface area contributed by atoms with Crippen molar-refractivity contribution >= 4 is 11.4 Å². The van der Waals surface area contributed by atoms with E-state index in [0.29, 0.717) is 11.4 Å². The van der Waals surface area contributed by atoms with Gasteiger partial charge in [-0.3, -0.25) is 0 Å². The SMILES string of the molecule is CN(Cc1cc(F)ccc1F)c1cc(F)ccc1N. The van der Waals surface area contributed by atoms with Crippen LogP contribution >= 0.6 is 0 Å². The molecule has 2 rings (SSSR count). The highest BCUT2D eigenvalue weighted by atomic mass is 19.1. The average molecular weight is 266 g/mol. The fourth-order valence-corrected chi connectivity index (χ4v) is 1.85. The van der Waals surface area contributed by atoms with Crippen LogP contribution in [0.4, 0.5) is 24.5 Å². The number of hydrogen-bond acceptors (Lipinski definition) is 2. The lowest BCUT2D eigenvalue weighted by Crippen LogP contribution is -2.19. The Labute approximate surface area is 109 Å². The summed E-state index contributed by atoms with van der Waals surface area (Å²) in [6, 6.07) is 7.16. The van der Waals surface area contributed by atoms with Gasteiger partial charge >= 0.3 is 0 Å². The summed E-state index contributed by atoms with van der Waals surface area (Å²) >= 11 is 0.